The quantitative estimate of drug-likeness (QED) is 0.727. The van der Waals surface area contributed by atoms with Crippen molar-refractivity contribution >= 4 is 34.6 Å². The number of rotatable bonds is 3. The van der Waals surface area contributed by atoms with E-state index < -0.39 is 23.7 Å². The molecule has 1 saturated heterocycles. The number of ether oxygens (including phenoxy) is 2. The smallest absolute Gasteiger partial charge is 0.411 e. The van der Waals surface area contributed by atoms with E-state index in [0.29, 0.717) is 13.0 Å². The molecule has 1 aliphatic heterocycles. The van der Waals surface area contributed by atoms with Crippen LogP contribution in [0.4, 0.5) is 4.79 Å². The summed E-state index contributed by atoms with van der Waals surface area (Å²) in [6, 6.07) is 13.9. The highest BCUT2D eigenvalue weighted by atomic mass is 32.2. The molecule has 0 N–H and O–H groups in total. The summed E-state index contributed by atoms with van der Waals surface area (Å²) in [5.41, 5.74) is -0.610. The number of hydrogen-bond acceptors (Lipinski definition) is 5. The number of amides is 1. The highest BCUT2D eigenvalue weighted by Gasteiger charge is 2.42. The topological polar surface area (TPSA) is 55.8 Å². The molecule has 6 heteroatoms. The number of thioether (sulfide) groups is 1. The summed E-state index contributed by atoms with van der Waals surface area (Å²) in [6.45, 7) is 5.90. The maximum Gasteiger partial charge on any atom is 0.411 e. The maximum atomic E-state index is 12.6. The Morgan fingerprint density at radius 2 is 1.81 bits per heavy atom. The maximum absolute atomic E-state index is 12.6. The number of carbonyl (C=O) groups is 2. The monoisotopic (exact) mass is 387 g/mol. The van der Waals surface area contributed by atoms with Crippen LogP contribution in [0.15, 0.2) is 47.4 Å². The van der Waals surface area contributed by atoms with Crippen LogP contribution in [0.1, 0.15) is 27.2 Å². The van der Waals surface area contributed by atoms with Crippen molar-refractivity contribution in [1.82, 2.24) is 4.90 Å². The fourth-order valence-electron chi connectivity index (χ4n) is 3.20. The Labute approximate surface area is 164 Å². The van der Waals surface area contributed by atoms with Gasteiger partial charge in [-0.3, -0.25) is 4.90 Å². The van der Waals surface area contributed by atoms with E-state index in [2.05, 4.69) is 30.3 Å². The molecular weight excluding hydrogens is 362 g/mol. The van der Waals surface area contributed by atoms with E-state index in [1.807, 2.05) is 32.9 Å². The average molecular weight is 388 g/mol. The van der Waals surface area contributed by atoms with Gasteiger partial charge in [-0.05, 0) is 50.1 Å². The summed E-state index contributed by atoms with van der Waals surface area (Å²) in [5, 5.41) is 2.47. The Kier molecular flexibility index (Phi) is 5.65. The first-order valence-corrected chi connectivity index (χ1v) is 9.88. The van der Waals surface area contributed by atoms with Gasteiger partial charge in [0, 0.05) is 16.7 Å². The van der Waals surface area contributed by atoms with E-state index in [4.69, 9.17) is 9.47 Å². The lowest BCUT2D eigenvalue weighted by Crippen LogP contribution is -2.43. The van der Waals surface area contributed by atoms with E-state index in [0.717, 1.165) is 4.90 Å². The SMILES string of the molecule is COC(=O)C1CC(Sc2ccc3ccccc3c2)CN1C(=O)OC(C)(C)C. The van der Waals surface area contributed by atoms with Gasteiger partial charge in [-0.1, -0.05) is 30.3 Å². The molecule has 0 aliphatic carbocycles. The number of likely N-dealkylation sites (tertiary alicyclic amines) is 1. The molecule has 1 fully saturated rings. The lowest BCUT2D eigenvalue weighted by atomic mass is 10.1. The first-order chi connectivity index (χ1) is 12.8. The van der Waals surface area contributed by atoms with Crippen LogP contribution in [0.5, 0.6) is 0 Å². The van der Waals surface area contributed by atoms with Gasteiger partial charge in [-0.15, -0.1) is 11.8 Å². The molecule has 0 radical (unpaired) electrons. The van der Waals surface area contributed by atoms with Crippen LogP contribution in [0.2, 0.25) is 0 Å². The Morgan fingerprint density at radius 1 is 1.11 bits per heavy atom. The number of carbonyl (C=O) groups excluding carboxylic acids is 2. The van der Waals surface area contributed by atoms with Gasteiger partial charge in [0.2, 0.25) is 0 Å². The van der Waals surface area contributed by atoms with E-state index >= 15 is 0 Å². The van der Waals surface area contributed by atoms with Crippen LogP contribution < -0.4 is 0 Å². The number of nitrogens with zero attached hydrogens (tertiary/aromatic N) is 1. The third-order valence-corrected chi connectivity index (χ3v) is 5.59. The van der Waals surface area contributed by atoms with Crippen LogP contribution >= 0.6 is 11.8 Å². The normalized spacial score (nSPS) is 19.9. The molecule has 2 aromatic rings. The Balaban J connectivity index is 1.76. The highest BCUT2D eigenvalue weighted by molar-refractivity contribution is 8.00. The molecule has 2 unspecified atom stereocenters. The Hall–Kier alpha value is -2.21. The third kappa shape index (κ3) is 4.75. The van der Waals surface area contributed by atoms with Gasteiger partial charge in [0.05, 0.1) is 7.11 Å². The van der Waals surface area contributed by atoms with Crippen LogP contribution in [-0.2, 0) is 14.3 Å². The Bertz CT molecular complexity index is 845. The van der Waals surface area contributed by atoms with Crippen molar-refractivity contribution in [1.29, 1.82) is 0 Å². The van der Waals surface area contributed by atoms with E-state index in [9.17, 15) is 9.59 Å². The number of benzene rings is 2. The summed E-state index contributed by atoms with van der Waals surface area (Å²) in [7, 11) is 1.35. The average Bonchev–Trinajstić information content (AvgIpc) is 3.03. The molecule has 1 aliphatic rings. The van der Waals surface area contributed by atoms with Gasteiger partial charge < -0.3 is 9.47 Å². The lowest BCUT2D eigenvalue weighted by Gasteiger charge is -2.27. The predicted molar refractivity (Wildman–Crippen MR) is 107 cm³/mol. The minimum absolute atomic E-state index is 0.0998. The minimum atomic E-state index is -0.610. The first kappa shape index (κ1) is 19.5. The molecule has 0 spiro atoms. The summed E-state index contributed by atoms with van der Waals surface area (Å²) in [4.78, 5) is 27.4. The van der Waals surface area contributed by atoms with Gasteiger partial charge in [0.25, 0.3) is 0 Å². The van der Waals surface area contributed by atoms with Gasteiger partial charge in [0.15, 0.2) is 0 Å². The third-order valence-electron chi connectivity index (χ3n) is 4.39. The van der Waals surface area contributed by atoms with Crippen molar-refractivity contribution in [2.75, 3.05) is 13.7 Å². The fraction of sp³-hybridized carbons (Fsp3) is 0.429. The molecule has 2 aromatic carbocycles. The fourth-order valence-corrected chi connectivity index (χ4v) is 4.44. The predicted octanol–water partition coefficient (Wildman–Crippen LogP) is 4.48. The highest BCUT2D eigenvalue weighted by Crippen LogP contribution is 2.35. The molecule has 0 saturated carbocycles. The van der Waals surface area contributed by atoms with Crippen LogP contribution in [0, 0.1) is 0 Å². The van der Waals surface area contributed by atoms with Gasteiger partial charge in [-0.2, -0.15) is 0 Å². The summed E-state index contributed by atoms with van der Waals surface area (Å²) in [5.74, 6) is -0.400. The molecule has 1 amide bonds. The van der Waals surface area contributed by atoms with Gasteiger partial charge >= 0.3 is 12.1 Å². The van der Waals surface area contributed by atoms with E-state index in [1.54, 1.807) is 11.8 Å². The van der Waals surface area contributed by atoms with Crippen molar-refractivity contribution in [3.8, 4) is 0 Å². The second kappa shape index (κ2) is 7.80. The molecule has 3 rings (SSSR count). The first-order valence-electron chi connectivity index (χ1n) is 9.00. The van der Waals surface area contributed by atoms with Crippen molar-refractivity contribution in [3.63, 3.8) is 0 Å². The molecule has 27 heavy (non-hydrogen) atoms. The molecular formula is C21H25NO4S. The molecule has 0 bridgehead atoms. The number of methoxy groups -OCH3 is 1. The van der Waals surface area contributed by atoms with Crippen molar-refractivity contribution in [2.24, 2.45) is 0 Å². The van der Waals surface area contributed by atoms with Crippen LogP contribution in [0.3, 0.4) is 0 Å². The zero-order chi connectivity index (χ0) is 19.6. The molecule has 2 atom stereocenters. The molecule has 0 aromatic heterocycles. The largest absolute Gasteiger partial charge is 0.467 e. The number of esters is 1. The molecule has 5 nitrogen and oxygen atoms in total. The standard InChI is InChI=1S/C21H25NO4S/c1-21(2,3)26-20(24)22-13-17(12-18(22)19(23)25-4)27-16-10-9-14-7-5-6-8-15(14)11-16/h5-11,17-18H,12-13H2,1-4H3. The van der Waals surface area contributed by atoms with Crippen molar-refractivity contribution in [2.45, 2.75) is 49.0 Å². The summed E-state index contributed by atoms with van der Waals surface area (Å²) >= 11 is 1.68. The number of fused-ring (bicyclic) bond motifs is 1. The van der Waals surface area contributed by atoms with Crippen LogP contribution in [0.25, 0.3) is 10.8 Å². The Morgan fingerprint density at radius 3 is 2.48 bits per heavy atom. The second-order valence-corrected chi connectivity index (χ2v) is 9.03. The zero-order valence-electron chi connectivity index (χ0n) is 16.1. The summed E-state index contributed by atoms with van der Waals surface area (Å²) in [6.07, 6.45) is 0.0724. The van der Waals surface area contributed by atoms with E-state index in [1.165, 1.54) is 22.8 Å². The van der Waals surface area contributed by atoms with Gasteiger partial charge in [-0.25, -0.2) is 9.59 Å². The van der Waals surface area contributed by atoms with Crippen molar-refractivity contribution in [3.05, 3.63) is 42.5 Å². The van der Waals surface area contributed by atoms with Crippen molar-refractivity contribution < 1.29 is 19.1 Å². The van der Waals surface area contributed by atoms with Gasteiger partial charge in [0.1, 0.15) is 11.6 Å². The number of hydrogen-bond donors (Lipinski definition) is 0. The minimum Gasteiger partial charge on any atom is -0.467 e. The zero-order valence-corrected chi connectivity index (χ0v) is 16.9. The molecule has 144 valence electrons. The van der Waals surface area contributed by atoms with E-state index in [-0.39, 0.29) is 5.25 Å². The second-order valence-electron chi connectivity index (χ2n) is 7.66. The molecule has 1 heterocycles. The lowest BCUT2D eigenvalue weighted by molar-refractivity contribution is -0.145. The summed E-state index contributed by atoms with van der Waals surface area (Å²) < 4.78 is 10.4. The van der Waals surface area contributed by atoms with Crippen LogP contribution in [-0.4, -0.2) is 47.5 Å².